The van der Waals surface area contributed by atoms with Crippen LogP contribution in [0.5, 0.6) is 0 Å². The van der Waals surface area contributed by atoms with Gasteiger partial charge in [0.05, 0.1) is 17.0 Å². The third-order valence-electron chi connectivity index (χ3n) is 5.48. The highest BCUT2D eigenvalue weighted by atomic mass is 32.1. The Morgan fingerprint density at radius 1 is 0.917 bits per heavy atom. The van der Waals surface area contributed by atoms with Crippen molar-refractivity contribution in [3.8, 4) is 10.6 Å². The summed E-state index contributed by atoms with van der Waals surface area (Å²) in [5.41, 5.74) is 3.83. The van der Waals surface area contributed by atoms with Crippen molar-refractivity contribution in [3.05, 3.63) is 113 Å². The second kappa shape index (κ2) is 10.8. The largest absolute Gasteiger partial charge is 0.348 e. The van der Waals surface area contributed by atoms with E-state index in [2.05, 4.69) is 15.7 Å². The summed E-state index contributed by atoms with van der Waals surface area (Å²) in [6.45, 7) is 1.02. The molecule has 2 N–H and O–H groups in total. The maximum absolute atomic E-state index is 13.2. The van der Waals surface area contributed by atoms with Gasteiger partial charge in [-0.2, -0.15) is 10.2 Å². The fraction of sp³-hybridized carbons (Fsp3) is 0.111. The molecule has 0 aliphatic heterocycles. The molecular weight excluding hydrogens is 472 g/mol. The van der Waals surface area contributed by atoms with Crippen LogP contribution in [0.2, 0.25) is 0 Å². The molecule has 3 heterocycles. The van der Waals surface area contributed by atoms with Gasteiger partial charge in [0, 0.05) is 30.8 Å². The summed E-state index contributed by atoms with van der Waals surface area (Å²) in [6.07, 6.45) is 5.16. The van der Waals surface area contributed by atoms with Gasteiger partial charge in [0.1, 0.15) is 12.2 Å². The Balaban J connectivity index is 1.27. The predicted octanol–water partition coefficient (Wildman–Crippen LogP) is 4.43. The molecule has 36 heavy (non-hydrogen) atoms. The molecule has 0 atom stereocenters. The van der Waals surface area contributed by atoms with Crippen molar-refractivity contribution in [2.24, 2.45) is 0 Å². The number of carbonyl (C=O) groups is 2. The van der Waals surface area contributed by atoms with Gasteiger partial charge in [0.25, 0.3) is 5.91 Å². The maximum atomic E-state index is 13.2. The van der Waals surface area contributed by atoms with Crippen LogP contribution in [0.1, 0.15) is 21.5 Å². The number of thiophene rings is 1. The second-order valence-corrected chi connectivity index (χ2v) is 9.13. The number of aromatic nitrogens is 4. The monoisotopic (exact) mass is 496 g/mol. The highest BCUT2D eigenvalue weighted by molar-refractivity contribution is 7.13. The first-order valence-corrected chi connectivity index (χ1v) is 12.3. The van der Waals surface area contributed by atoms with Crippen molar-refractivity contribution in [2.75, 3.05) is 5.32 Å². The smallest absolute Gasteiger partial charge is 0.255 e. The minimum absolute atomic E-state index is 0.131. The number of benzene rings is 2. The van der Waals surface area contributed by atoms with Crippen molar-refractivity contribution in [1.82, 2.24) is 24.9 Å². The van der Waals surface area contributed by atoms with Crippen LogP contribution in [0.15, 0.2) is 96.8 Å². The van der Waals surface area contributed by atoms with Crippen LogP contribution in [-0.4, -0.2) is 31.4 Å². The number of nitrogens with one attached hydrogen (secondary N) is 2. The molecule has 9 heteroatoms. The van der Waals surface area contributed by atoms with E-state index in [1.165, 1.54) is 0 Å². The molecule has 0 aliphatic carbocycles. The SMILES string of the molecule is O=C(Cn1cccn1)Nc1cccc(CNC(=O)c2cn(Cc3ccccc3)nc2-c2cccs2)c1. The van der Waals surface area contributed by atoms with Crippen LogP contribution in [0.25, 0.3) is 10.6 Å². The molecule has 0 radical (unpaired) electrons. The molecule has 0 bridgehead atoms. The fourth-order valence-electron chi connectivity index (χ4n) is 3.81. The number of rotatable bonds is 9. The van der Waals surface area contributed by atoms with E-state index in [9.17, 15) is 9.59 Å². The van der Waals surface area contributed by atoms with E-state index >= 15 is 0 Å². The van der Waals surface area contributed by atoms with Gasteiger partial charge in [-0.1, -0.05) is 48.5 Å². The lowest BCUT2D eigenvalue weighted by molar-refractivity contribution is -0.116. The lowest BCUT2D eigenvalue weighted by Crippen LogP contribution is -2.23. The van der Waals surface area contributed by atoms with Gasteiger partial charge >= 0.3 is 0 Å². The normalized spacial score (nSPS) is 10.8. The van der Waals surface area contributed by atoms with E-state index in [1.54, 1.807) is 45.4 Å². The van der Waals surface area contributed by atoms with Gasteiger partial charge in [-0.25, -0.2) is 0 Å². The summed E-state index contributed by atoms with van der Waals surface area (Å²) in [5, 5.41) is 16.6. The van der Waals surface area contributed by atoms with E-state index < -0.39 is 0 Å². The predicted molar refractivity (Wildman–Crippen MR) is 140 cm³/mol. The van der Waals surface area contributed by atoms with Crippen LogP contribution in [0, 0.1) is 0 Å². The van der Waals surface area contributed by atoms with Crippen molar-refractivity contribution in [3.63, 3.8) is 0 Å². The van der Waals surface area contributed by atoms with E-state index in [-0.39, 0.29) is 18.4 Å². The first-order chi connectivity index (χ1) is 17.6. The quantitative estimate of drug-likeness (QED) is 0.316. The number of amides is 2. The zero-order valence-corrected chi connectivity index (χ0v) is 20.2. The van der Waals surface area contributed by atoms with E-state index in [0.29, 0.717) is 30.0 Å². The summed E-state index contributed by atoms with van der Waals surface area (Å²) >= 11 is 1.55. The lowest BCUT2D eigenvalue weighted by atomic mass is 10.1. The number of carbonyl (C=O) groups excluding carboxylic acids is 2. The third-order valence-corrected chi connectivity index (χ3v) is 6.35. The molecule has 0 saturated heterocycles. The van der Waals surface area contributed by atoms with Gasteiger partial charge in [-0.05, 0) is 40.8 Å². The maximum Gasteiger partial charge on any atom is 0.255 e. The van der Waals surface area contributed by atoms with Crippen LogP contribution in [0.4, 0.5) is 5.69 Å². The molecule has 3 aromatic heterocycles. The molecule has 0 aliphatic rings. The van der Waals surface area contributed by atoms with Gasteiger partial charge in [0.15, 0.2) is 0 Å². The van der Waals surface area contributed by atoms with Crippen molar-refractivity contribution in [2.45, 2.75) is 19.6 Å². The Kier molecular flexibility index (Phi) is 7.00. The fourth-order valence-corrected chi connectivity index (χ4v) is 4.54. The summed E-state index contributed by atoms with van der Waals surface area (Å²) in [4.78, 5) is 26.4. The zero-order valence-electron chi connectivity index (χ0n) is 19.4. The van der Waals surface area contributed by atoms with E-state index in [4.69, 9.17) is 5.10 Å². The number of hydrogen-bond acceptors (Lipinski definition) is 5. The van der Waals surface area contributed by atoms with Gasteiger partial charge in [0.2, 0.25) is 5.91 Å². The van der Waals surface area contributed by atoms with Crippen LogP contribution in [-0.2, 0) is 24.4 Å². The molecular formula is C27H24N6O2S. The molecule has 5 rings (SSSR count). The summed E-state index contributed by atoms with van der Waals surface area (Å²) in [7, 11) is 0. The average molecular weight is 497 g/mol. The molecule has 0 saturated carbocycles. The number of anilines is 1. The van der Waals surface area contributed by atoms with Gasteiger partial charge < -0.3 is 10.6 Å². The topological polar surface area (TPSA) is 93.8 Å². The van der Waals surface area contributed by atoms with Crippen molar-refractivity contribution in [1.29, 1.82) is 0 Å². The van der Waals surface area contributed by atoms with Crippen LogP contribution >= 0.6 is 11.3 Å². The minimum atomic E-state index is -0.203. The highest BCUT2D eigenvalue weighted by Gasteiger charge is 2.19. The molecule has 5 aromatic rings. The molecule has 180 valence electrons. The van der Waals surface area contributed by atoms with E-state index in [1.807, 2.05) is 72.1 Å². The molecule has 8 nitrogen and oxygen atoms in total. The number of hydrogen-bond donors (Lipinski definition) is 2. The Bertz CT molecular complexity index is 1440. The van der Waals surface area contributed by atoms with Gasteiger partial charge in [-0.15, -0.1) is 11.3 Å². The number of nitrogens with zero attached hydrogens (tertiary/aromatic N) is 4. The molecule has 2 aromatic carbocycles. The minimum Gasteiger partial charge on any atom is -0.348 e. The molecule has 2 amide bonds. The Labute approximate surface area is 212 Å². The van der Waals surface area contributed by atoms with E-state index in [0.717, 1.165) is 16.0 Å². The third kappa shape index (κ3) is 5.76. The van der Waals surface area contributed by atoms with Crippen molar-refractivity contribution >= 4 is 28.8 Å². The lowest BCUT2D eigenvalue weighted by Gasteiger charge is -2.09. The highest BCUT2D eigenvalue weighted by Crippen LogP contribution is 2.27. The molecule has 0 fully saturated rings. The van der Waals surface area contributed by atoms with Crippen molar-refractivity contribution < 1.29 is 9.59 Å². The first-order valence-electron chi connectivity index (χ1n) is 11.4. The second-order valence-electron chi connectivity index (χ2n) is 8.19. The van der Waals surface area contributed by atoms with Crippen LogP contribution < -0.4 is 10.6 Å². The summed E-state index contributed by atoms with van der Waals surface area (Å²) < 4.78 is 3.36. The van der Waals surface area contributed by atoms with Crippen LogP contribution in [0.3, 0.4) is 0 Å². The molecule has 0 unspecified atom stereocenters. The van der Waals surface area contributed by atoms with Gasteiger partial charge in [-0.3, -0.25) is 19.0 Å². The molecule has 0 spiro atoms. The summed E-state index contributed by atoms with van der Waals surface area (Å²) in [6, 6.07) is 23.1. The Morgan fingerprint density at radius 3 is 2.56 bits per heavy atom. The Morgan fingerprint density at radius 2 is 1.78 bits per heavy atom. The average Bonchev–Trinajstić information content (AvgIpc) is 3.66. The zero-order chi connectivity index (χ0) is 24.7. The summed E-state index contributed by atoms with van der Waals surface area (Å²) in [5.74, 6) is -0.378. The first kappa shape index (κ1) is 23.3. The Hall–Kier alpha value is -4.50. The standard InChI is InChI=1S/C27H24N6O2S/c34-25(19-32-13-6-12-29-32)30-22-10-4-9-21(15-22)16-28-27(35)23-18-33(17-20-7-2-1-3-8-20)31-26(23)24-11-5-14-36-24/h1-15,18H,16-17,19H2,(H,28,35)(H,30,34).